The quantitative estimate of drug-likeness (QED) is 0.897. The Morgan fingerprint density at radius 1 is 1.62 bits per heavy atom. The largest absolute Gasteiger partial charge is 0.328 e. The smallest absolute Gasteiger partial charge is 0.224 e. The first-order chi connectivity index (χ1) is 7.49. The molecule has 0 aliphatic carbocycles. The molecular formula is C11H14BrClN2O. The fraction of sp³-hybridized carbons (Fsp3) is 0.364. The van der Waals surface area contributed by atoms with Crippen molar-refractivity contribution in [2.75, 3.05) is 5.32 Å². The van der Waals surface area contributed by atoms with Crippen molar-refractivity contribution in [3.05, 3.63) is 27.7 Å². The van der Waals surface area contributed by atoms with E-state index in [0.717, 1.165) is 10.2 Å². The van der Waals surface area contributed by atoms with Crippen LogP contribution in [-0.2, 0) is 4.79 Å². The van der Waals surface area contributed by atoms with E-state index in [0.29, 0.717) is 17.9 Å². The van der Waals surface area contributed by atoms with Gasteiger partial charge in [-0.25, -0.2) is 0 Å². The highest BCUT2D eigenvalue weighted by molar-refractivity contribution is 9.10. The van der Waals surface area contributed by atoms with Gasteiger partial charge < -0.3 is 11.1 Å². The molecule has 0 aliphatic rings. The van der Waals surface area contributed by atoms with Crippen LogP contribution in [0.2, 0.25) is 5.02 Å². The first-order valence-corrected chi connectivity index (χ1v) is 6.16. The summed E-state index contributed by atoms with van der Waals surface area (Å²) < 4.78 is 0.772. The summed E-state index contributed by atoms with van der Waals surface area (Å²) in [7, 11) is 0. The molecule has 0 fully saturated rings. The Balaban J connectivity index is 2.56. The lowest BCUT2D eigenvalue weighted by atomic mass is 10.2. The van der Waals surface area contributed by atoms with Gasteiger partial charge in [0.05, 0.1) is 5.69 Å². The molecule has 1 atom stereocenters. The highest BCUT2D eigenvalue weighted by Crippen LogP contribution is 2.25. The number of nitrogens with one attached hydrogen (secondary N) is 1. The van der Waals surface area contributed by atoms with E-state index in [9.17, 15) is 4.79 Å². The van der Waals surface area contributed by atoms with Crippen molar-refractivity contribution < 1.29 is 4.79 Å². The number of hydrogen-bond donors (Lipinski definition) is 2. The molecule has 5 heteroatoms. The van der Waals surface area contributed by atoms with E-state index >= 15 is 0 Å². The van der Waals surface area contributed by atoms with Gasteiger partial charge in [0.1, 0.15) is 0 Å². The molecule has 1 aromatic rings. The van der Waals surface area contributed by atoms with E-state index in [1.165, 1.54) is 0 Å². The van der Waals surface area contributed by atoms with Crippen molar-refractivity contribution in [2.24, 2.45) is 5.73 Å². The van der Waals surface area contributed by atoms with Crippen LogP contribution >= 0.6 is 27.5 Å². The minimum absolute atomic E-state index is 0.0411. The van der Waals surface area contributed by atoms with Gasteiger partial charge in [-0.1, -0.05) is 11.6 Å². The van der Waals surface area contributed by atoms with Gasteiger partial charge in [0, 0.05) is 22.0 Å². The molecule has 88 valence electrons. The number of amides is 1. The predicted octanol–water partition coefficient (Wildman–Crippen LogP) is 3.17. The number of carbonyl (C=O) groups excluding carboxylic acids is 1. The van der Waals surface area contributed by atoms with Crippen LogP contribution in [0.25, 0.3) is 0 Å². The minimum atomic E-state index is -0.0414. The summed E-state index contributed by atoms with van der Waals surface area (Å²) in [5, 5.41) is 3.42. The molecule has 0 radical (unpaired) electrons. The van der Waals surface area contributed by atoms with Gasteiger partial charge in [-0.15, -0.1) is 0 Å². The fourth-order valence-corrected chi connectivity index (χ4v) is 1.94. The fourth-order valence-electron chi connectivity index (χ4n) is 1.16. The molecule has 1 unspecified atom stereocenters. The Kier molecular flexibility index (Phi) is 5.25. The van der Waals surface area contributed by atoms with E-state index < -0.39 is 0 Å². The first kappa shape index (κ1) is 13.5. The van der Waals surface area contributed by atoms with Crippen molar-refractivity contribution >= 4 is 39.1 Å². The predicted molar refractivity (Wildman–Crippen MR) is 70.7 cm³/mol. The van der Waals surface area contributed by atoms with Crippen LogP contribution in [0.1, 0.15) is 19.8 Å². The Morgan fingerprint density at radius 3 is 2.88 bits per heavy atom. The molecule has 1 rings (SSSR count). The number of rotatable bonds is 4. The third-order valence-corrected chi connectivity index (χ3v) is 2.92. The van der Waals surface area contributed by atoms with Gasteiger partial charge >= 0.3 is 0 Å². The SMILES string of the molecule is CC(N)CCC(=O)Nc1ccc(Cl)cc1Br. The number of anilines is 1. The number of carbonyl (C=O) groups is 1. The van der Waals surface area contributed by atoms with Crippen LogP contribution in [0.3, 0.4) is 0 Å². The van der Waals surface area contributed by atoms with Crippen molar-refractivity contribution in [1.29, 1.82) is 0 Å². The van der Waals surface area contributed by atoms with Crippen molar-refractivity contribution in [1.82, 2.24) is 0 Å². The monoisotopic (exact) mass is 304 g/mol. The van der Waals surface area contributed by atoms with E-state index in [1.54, 1.807) is 18.2 Å². The maximum Gasteiger partial charge on any atom is 0.224 e. The number of halogens is 2. The molecule has 0 saturated carbocycles. The molecule has 0 bridgehead atoms. The summed E-state index contributed by atoms with van der Waals surface area (Å²) in [6.45, 7) is 1.88. The summed E-state index contributed by atoms with van der Waals surface area (Å²) >= 11 is 9.13. The number of hydrogen-bond acceptors (Lipinski definition) is 2. The van der Waals surface area contributed by atoms with Gasteiger partial charge in [0.25, 0.3) is 0 Å². The van der Waals surface area contributed by atoms with Crippen LogP contribution in [0, 0.1) is 0 Å². The van der Waals surface area contributed by atoms with Crippen LogP contribution < -0.4 is 11.1 Å². The average molecular weight is 306 g/mol. The standard InChI is InChI=1S/C11H14BrClN2O/c1-7(14)2-5-11(16)15-10-4-3-8(13)6-9(10)12/h3-4,6-7H,2,5,14H2,1H3,(H,15,16). The van der Waals surface area contributed by atoms with Crippen molar-refractivity contribution in [3.63, 3.8) is 0 Å². The third kappa shape index (κ3) is 4.51. The molecule has 0 saturated heterocycles. The van der Waals surface area contributed by atoms with Gasteiger partial charge in [-0.3, -0.25) is 4.79 Å². The lowest BCUT2D eigenvalue weighted by Gasteiger charge is -2.08. The number of benzene rings is 1. The van der Waals surface area contributed by atoms with E-state index in [-0.39, 0.29) is 11.9 Å². The molecule has 16 heavy (non-hydrogen) atoms. The zero-order valence-electron chi connectivity index (χ0n) is 8.97. The second-order valence-electron chi connectivity index (χ2n) is 3.69. The van der Waals surface area contributed by atoms with E-state index in [2.05, 4.69) is 21.2 Å². The minimum Gasteiger partial charge on any atom is -0.328 e. The summed E-state index contributed by atoms with van der Waals surface area (Å²) in [5.41, 5.74) is 6.30. The zero-order valence-corrected chi connectivity index (χ0v) is 11.3. The molecule has 3 N–H and O–H groups in total. The maximum atomic E-state index is 11.5. The average Bonchev–Trinajstić information content (AvgIpc) is 2.19. The summed E-state index contributed by atoms with van der Waals surface area (Å²) in [6, 6.07) is 5.27. The highest BCUT2D eigenvalue weighted by Gasteiger charge is 2.06. The molecular weight excluding hydrogens is 291 g/mol. The number of nitrogens with two attached hydrogens (primary N) is 1. The van der Waals surface area contributed by atoms with Gasteiger partial charge in [-0.2, -0.15) is 0 Å². The topological polar surface area (TPSA) is 55.1 Å². The van der Waals surface area contributed by atoms with Crippen LogP contribution in [-0.4, -0.2) is 11.9 Å². The molecule has 3 nitrogen and oxygen atoms in total. The highest BCUT2D eigenvalue weighted by atomic mass is 79.9. The second kappa shape index (κ2) is 6.23. The Labute approximate surface area is 108 Å². The van der Waals surface area contributed by atoms with Gasteiger partial charge in [0.15, 0.2) is 0 Å². The van der Waals surface area contributed by atoms with Crippen LogP contribution in [0.4, 0.5) is 5.69 Å². The summed E-state index contributed by atoms with van der Waals surface area (Å²) in [4.78, 5) is 11.5. The van der Waals surface area contributed by atoms with E-state index in [1.807, 2.05) is 6.92 Å². The van der Waals surface area contributed by atoms with Crippen molar-refractivity contribution in [3.8, 4) is 0 Å². The summed E-state index contributed by atoms with van der Waals surface area (Å²) in [5.74, 6) is -0.0414. The maximum absolute atomic E-state index is 11.5. The Morgan fingerprint density at radius 2 is 2.31 bits per heavy atom. The molecule has 1 aromatic carbocycles. The zero-order chi connectivity index (χ0) is 12.1. The second-order valence-corrected chi connectivity index (χ2v) is 4.98. The summed E-state index contributed by atoms with van der Waals surface area (Å²) in [6.07, 6.45) is 1.10. The molecule has 0 aliphatic heterocycles. The molecule has 1 amide bonds. The lowest BCUT2D eigenvalue weighted by Crippen LogP contribution is -2.19. The molecule has 0 heterocycles. The Hall–Kier alpha value is -0.580. The lowest BCUT2D eigenvalue weighted by molar-refractivity contribution is -0.116. The first-order valence-electron chi connectivity index (χ1n) is 4.99. The molecule has 0 aromatic heterocycles. The van der Waals surface area contributed by atoms with Crippen LogP contribution in [0.15, 0.2) is 22.7 Å². The van der Waals surface area contributed by atoms with Crippen LogP contribution in [0.5, 0.6) is 0 Å². The third-order valence-electron chi connectivity index (χ3n) is 2.03. The van der Waals surface area contributed by atoms with E-state index in [4.69, 9.17) is 17.3 Å². The normalized spacial score (nSPS) is 12.2. The van der Waals surface area contributed by atoms with Gasteiger partial charge in [-0.05, 0) is 47.5 Å². The Bertz CT molecular complexity index is 382. The van der Waals surface area contributed by atoms with Crippen molar-refractivity contribution in [2.45, 2.75) is 25.8 Å². The van der Waals surface area contributed by atoms with Gasteiger partial charge in [0.2, 0.25) is 5.91 Å². The molecule has 0 spiro atoms.